The van der Waals surface area contributed by atoms with Gasteiger partial charge in [0.2, 0.25) is 0 Å². The van der Waals surface area contributed by atoms with E-state index in [4.69, 9.17) is 34.3 Å². The maximum atomic E-state index is 6.05. The van der Waals surface area contributed by atoms with Crippen molar-refractivity contribution in [2.75, 3.05) is 6.61 Å². The van der Waals surface area contributed by atoms with E-state index in [0.717, 1.165) is 6.42 Å². The molecule has 4 heteroatoms. The van der Waals surface area contributed by atoms with Gasteiger partial charge in [-0.3, -0.25) is 0 Å². The molecule has 17 heavy (non-hydrogen) atoms. The highest BCUT2D eigenvalue weighted by Crippen LogP contribution is 2.27. The van der Waals surface area contributed by atoms with Crippen molar-refractivity contribution in [1.82, 2.24) is 0 Å². The van der Waals surface area contributed by atoms with Crippen molar-refractivity contribution in [3.63, 3.8) is 0 Å². The molecule has 0 bridgehead atoms. The summed E-state index contributed by atoms with van der Waals surface area (Å²) in [6.45, 7) is 7.13. The molecule has 0 amide bonds. The molecule has 0 fully saturated rings. The molecule has 0 unspecified atom stereocenters. The lowest BCUT2D eigenvalue weighted by molar-refractivity contribution is 0.243. The summed E-state index contributed by atoms with van der Waals surface area (Å²) in [4.78, 5) is 0.265. The first-order valence-corrected chi connectivity index (χ1v) is 6.31. The van der Waals surface area contributed by atoms with Gasteiger partial charge in [0.1, 0.15) is 10.7 Å². The largest absolute Gasteiger partial charge is 0.493 e. The molecule has 94 valence electrons. The first-order valence-electron chi connectivity index (χ1n) is 5.52. The zero-order chi connectivity index (χ0) is 13.1. The minimum atomic E-state index is 0.238. The van der Waals surface area contributed by atoms with Crippen molar-refractivity contribution >= 4 is 28.8 Å². The van der Waals surface area contributed by atoms with E-state index in [-0.39, 0.29) is 10.4 Å². The van der Waals surface area contributed by atoms with Crippen LogP contribution in [0.15, 0.2) is 18.2 Å². The highest BCUT2D eigenvalue weighted by Gasteiger charge is 2.13. The Balaban J connectivity index is 2.78. The van der Waals surface area contributed by atoms with E-state index in [2.05, 4.69) is 20.8 Å². The van der Waals surface area contributed by atoms with Gasteiger partial charge in [-0.15, -0.1) is 0 Å². The standard InChI is InChI=1S/C13H18ClNOS/c1-13(2,3)7-8-16-10-6-4-5-9(14)11(10)12(15)17/h4-6H,7-8H2,1-3H3,(H2,15,17). The third-order valence-corrected chi connectivity index (χ3v) is 2.85. The van der Waals surface area contributed by atoms with Crippen LogP contribution < -0.4 is 10.5 Å². The molecule has 0 aliphatic rings. The van der Waals surface area contributed by atoms with E-state index in [1.54, 1.807) is 6.07 Å². The maximum absolute atomic E-state index is 6.05. The summed E-state index contributed by atoms with van der Waals surface area (Å²) >= 11 is 11.0. The zero-order valence-electron chi connectivity index (χ0n) is 10.4. The number of thiocarbonyl (C=S) groups is 1. The van der Waals surface area contributed by atoms with E-state index in [9.17, 15) is 0 Å². The molecule has 2 N–H and O–H groups in total. The predicted molar refractivity (Wildman–Crippen MR) is 76.9 cm³/mol. The van der Waals surface area contributed by atoms with Gasteiger partial charge in [0.05, 0.1) is 17.2 Å². The quantitative estimate of drug-likeness (QED) is 0.847. The Hall–Kier alpha value is -0.800. The van der Waals surface area contributed by atoms with Crippen LogP contribution in [-0.4, -0.2) is 11.6 Å². The average Bonchev–Trinajstić information content (AvgIpc) is 2.14. The Bertz CT molecular complexity index is 412. The first kappa shape index (κ1) is 14.3. The fraction of sp³-hybridized carbons (Fsp3) is 0.462. The van der Waals surface area contributed by atoms with E-state index in [1.807, 2.05) is 12.1 Å². The molecule has 0 atom stereocenters. The summed E-state index contributed by atoms with van der Waals surface area (Å²) in [7, 11) is 0. The number of rotatable bonds is 4. The molecule has 0 radical (unpaired) electrons. The van der Waals surface area contributed by atoms with Crippen LogP contribution in [0, 0.1) is 5.41 Å². The van der Waals surface area contributed by atoms with Crippen LogP contribution in [0.1, 0.15) is 32.8 Å². The Labute approximate surface area is 113 Å². The van der Waals surface area contributed by atoms with Crippen LogP contribution in [0.2, 0.25) is 5.02 Å². The summed E-state index contributed by atoms with van der Waals surface area (Å²) in [6.07, 6.45) is 0.955. The van der Waals surface area contributed by atoms with Crippen molar-refractivity contribution in [2.45, 2.75) is 27.2 Å². The second-order valence-electron chi connectivity index (χ2n) is 5.14. The van der Waals surface area contributed by atoms with Crippen LogP contribution in [-0.2, 0) is 0 Å². The molecule has 1 rings (SSSR count). The topological polar surface area (TPSA) is 35.2 Å². The van der Waals surface area contributed by atoms with Gasteiger partial charge < -0.3 is 10.5 Å². The second kappa shape index (κ2) is 5.69. The third kappa shape index (κ3) is 4.52. The molecule has 0 aliphatic heterocycles. The molecule has 2 nitrogen and oxygen atoms in total. The monoisotopic (exact) mass is 271 g/mol. The molecular formula is C13H18ClNOS. The number of nitrogens with two attached hydrogens (primary N) is 1. The highest BCUT2D eigenvalue weighted by atomic mass is 35.5. The summed E-state index contributed by atoms with van der Waals surface area (Å²) < 4.78 is 5.70. The summed E-state index contributed by atoms with van der Waals surface area (Å²) in [5.41, 5.74) is 6.50. The highest BCUT2D eigenvalue weighted by molar-refractivity contribution is 7.80. The summed E-state index contributed by atoms with van der Waals surface area (Å²) in [5, 5.41) is 0.533. The van der Waals surface area contributed by atoms with Gasteiger partial charge in [-0.25, -0.2) is 0 Å². The van der Waals surface area contributed by atoms with Crippen molar-refractivity contribution in [2.24, 2.45) is 11.1 Å². The lowest BCUT2D eigenvalue weighted by Crippen LogP contribution is -2.15. The Morgan fingerprint density at radius 3 is 2.59 bits per heavy atom. The molecule has 0 saturated heterocycles. The van der Waals surface area contributed by atoms with Crippen LogP contribution >= 0.6 is 23.8 Å². The van der Waals surface area contributed by atoms with Crippen molar-refractivity contribution in [3.8, 4) is 5.75 Å². The fourth-order valence-corrected chi connectivity index (χ4v) is 1.87. The minimum absolute atomic E-state index is 0.238. The number of hydrogen-bond donors (Lipinski definition) is 1. The molecule has 0 spiro atoms. The van der Waals surface area contributed by atoms with E-state index in [1.165, 1.54) is 0 Å². The molecule has 0 aromatic heterocycles. The summed E-state index contributed by atoms with van der Waals surface area (Å²) in [5.74, 6) is 0.661. The van der Waals surface area contributed by atoms with E-state index >= 15 is 0 Å². The SMILES string of the molecule is CC(C)(C)CCOc1cccc(Cl)c1C(N)=S. The van der Waals surface area contributed by atoms with Gasteiger partial charge in [-0.05, 0) is 24.0 Å². The third-order valence-electron chi connectivity index (χ3n) is 2.33. The Morgan fingerprint density at radius 1 is 1.41 bits per heavy atom. The van der Waals surface area contributed by atoms with E-state index < -0.39 is 0 Å². The smallest absolute Gasteiger partial charge is 0.130 e. The number of ether oxygens (including phenoxy) is 1. The van der Waals surface area contributed by atoms with E-state index in [0.29, 0.717) is 22.9 Å². The number of halogens is 1. The molecule has 0 saturated carbocycles. The first-order chi connectivity index (χ1) is 7.81. The predicted octanol–water partition coefficient (Wildman–Crippen LogP) is 3.79. The average molecular weight is 272 g/mol. The summed E-state index contributed by atoms with van der Waals surface area (Å²) in [6, 6.07) is 5.42. The van der Waals surface area contributed by atoms with Crippen molar-refractivity contribution in [3.05, 3.63) is 28.8 Å². The molecule has 0 aliphatic carbocycles. The van der Waals surface area contributed by atoms with Crippen LogP contribution in [0.25, 0.3) is 0 Å². The van der Waals surface area contributed by atoms with Crippen LogP contribution in [0.5, 0.6) is 5.75 Å². The van der Waals surface area contributed by atoms with Crippen LogP contribution in [0.4, 0.5) is 0 Å². The van der Waals surface area contributed by atoms with Crippen molar-refractivity contribution in [1.29, 1.82) is 0 Å². The fourth-order valence-electron chi connectivity index (χ4n) is 1.33. The van der Waals surface area contributed by atoms with Crippen molar-refractivity contribution < 1.29 is 4.74 Å². The van der Waals surface area contributed by atoms with Gasteiger partial charge in [0, 0.05) is 0 Å². The van der Waals surface area contributed by atoms with Gasteiger partial charge in [0.15, 0.2) is 0 Å². The Morgan fingerprint density at radius 2 is 2.06 bits per heavy atom. The zero-order valence-corrected chi connectivity index (χ0v) is 12.0. The van der Waals surface area contributed by atoms with Gasteiger partial charge in [-0.2, -0.15) is 0 Å². The lowest BCUT2D eigenvalue weighted by atomic mass is 9.93. The number of benzene rings is 1. The van der Waals surface area contributed by atoms with Gasteiger partial charge >= 0.3 is 0 Å². The van der Waals surface area contributed by atoms with Gasteiger partial charge in [-0.1, -0.05) is 50.7 Å². The molecule has 0 heterocycles. The maximum Gasteiger partial charge on any atom is 0.130 e. The molecule has 1 aromatic rings. The lowest BCUT2D eigenvalue weighted by Gasteiger charge is -2.19. The normalized spacial score (nSPS) is 11.3. The minimum Gasteiger partial charge on any atom is -0.493 e. The Kier molecular flexibility index (Phi) is 4.78. The number of hydrogen-bond acceptors (Lipinski definition) is 2. The van der Waals surface area contributed by atoms with Crippen LogP contribution in [0.3, 0.4) is 0 Å². The van der Waals surface area contributed by atoms with Gasteiger partial charge in [0.25, 0.3) is 0 Å². The molecule has 1 aromatic carbocycles. The second-order valence-corrected chi connectivity index (χ2v) is 5.98. The molecular weight excluding hydrogens is 254 g/mol.